The van der Waals surface area contributed by atoms with E-state index in [4.69, 9.17) is 4.74 Å². The Morgan fingerprint density at radius 3 is 2.80 bits per heavy atom. The van der Waals surface area contributed by atoms with Gasteiger partial charge in [0.15, 0.2) is 0 Å². The van der Waals surface area contributed by atoms with Gasteiger partial charge in [0.2, 0.25) is 0 Å². The van der Waals surface area contributed by atoms with Crippen LogP contribution in [0.1, 0.15) is 11.1 Å². The highest BCUT2D eigenvalue weighted by molar-refractivity contribution is 5.71. The molecule has 2 heterocycles. The average molecular weight is 286 g/mol. The molecule has 2 atom stereocenters. The number of alkyl halides is 3. The van der Waals surface area contributed by atoms with E-state index in [0.29, 0.717) is 13.1 Å². The molecule has 2 fully saturated rings. The zero-order valence-corrected chi connectivity index (χ0v) is 10.5. The van der Waals surface area contributed by atoms with Crippen molar-refractivity contribution in [1.82, 2.24) is 10.2 Å². The number of halogens is 3. The van der Waals surface area contributed by atoms with E-state index in [1.807, 2.05) is 0 Å². The molecule has 20 heavy (non-hydrogen) atoms. The summed E-state index contributed by atoms with van der Waals surface area (Å²) in [6.07, 6.45) is -5.23. The molecule has 2 saturated heterocycles. The number of amides is 1. The Morgan fingerprint density at radius 1 is 1.30 bits per heavy atom. The van der Waals surface area contributed by atoms with Crippen LogP contribution in [0.25, 0.3) is 0 Å². The molecule has 0 saturated carbocycles. The lowest BCUT2D eigenvalue weighted by atomic mass is 10.1. The molecule has 0 bridgehead atoms. The van der Waals surface area contributed by atoms with Gasteiger partial charge >= 0.3 is 12.3 Å². The summed E-state index contributed by atoms with van der Waals surface area (Å²) in [5.41, 5.74) is -0.619. The predicted molar refractivity (Wildman–Crippen MR) is 63.9 cm³/mol. The topological polar surface area (TPSA) is 41.6 Å². The highest BCUT2D eigenvalue weighted by Gasteiger charge is 2.45. The first kappa shape index (κ1) is 13.2. The van der Waals surface area contributed by atoms with Gasteiger partial charge in [0, 0.05) is 13.1 Å². The van der Waals surface area contributed by atoms with E-state index in [9.17, 15) is 18.0 Å². The third-order valence-electron chi connectivity index (χ3n) is 3.68. The van der Waals surface area contributed by atoms with Crippen LogP contribution >= 0.6 is 0 Å². The molecule has 2 aliphatic rings. The Hall–Kier alpha value is -1.76. The average Bonchev–Trinajstić information content (AvgIpc) is 2.92. The van der Waals surface area contributed by atoms with Gasteiger partial charge in [-0.25, -0.2) is 4.79 Å². The van der Waals surface area contributed by atoms with Crippen molar-refractivity contribution in [1.29, 1.82) is 0 Å². The fourth-order valence-corrected chi connectivity index (χ4v) is 2.70. The number of benzene rings is 1. The molecule has 1 amide bonds. The number of nitrogens with one attached hydrogen (secondary N) is 1. The van der Waals surface area contributed by atoms with Crippen molar-refractivity contribution in [2.75, 3.05) is 13.1 Å². The summed E-state index contributed by atoms with van der Waals surface area (Å²) in [5.74, 6) is 0. The summed E-state index contributed by atoms with van der Waals surface area (Å²) >= 11 is 0. The van der Waals surface area contributed by atoms with Crippen LogP contribution in [-0.2, 0) is 17.5 Å². The molecule has 1 aromatic carbocycles. The molecule has 0 aliphatic carbocycles. The number of fused-ring (bicyclic) bond motifs is 1. The standard InChI is InChI=1S/C13H13F3N2O2/c14-13(15,16)9-4-2-1-3-8(9)7-18-10-5-17-6-11(10)20-12(18)19/h1-4,10-11,17H,5-7H2. The number of rotatable bonds is 2. The highest BCUT2D eigenvalue weighted by Crippen LogP contribution is 2.34. The molecule has 3 rings (SSSR count). The Morgan fingerprint density at radius 2 is 2.05 bits per heavy atom. The number of carbonyl (C=O) groups is 1. The molecule has 1 aromatic rings. The fraction of sp³-hybridized carbons (Fsp3) is 0.462. The number of hydrogen-bond acceptors (Lipinski definition) is 3. The number of carbonyl (C=O) groups excluding carboxylic acids is 1. The first-order chi connectivity index (χ1) is 9.47. The van der Waals surface area contributed by atoms with E-state index in [-0.39, 0.29) is 24.3 Å². The van der Waals surface area contributed by atoms with E-state index in [0.717, 1.165) is 6.07 Å². The van der Waals surface area contributed by atoms with Gasteiger partial charge in [-0.3, -0.25) is 4.90 Å². The van der Waals surface area contributed by atoms with Crippen LogP contribution in [0.15, 0.2) is 24.3 Å². The third kappa shape index (κ3) is 2.22. The van der Waals surface area contributed by atoms with Crippen molar-refractivity contribution in [3.05, 3.63) is 35.4 Å². The maximum absolute atomic E-state index is 12.9. The van der Waals surface area contributed by atoms with E-state index in [1.165, 1.54) is 23.1 Å². The molecular weight excluding hydrogens is 273 g/mol. The molecule has 0 radical (unpaired) electrons. The molecule has 7 heteroatoms. The summed E-state index contributed by atoms with van der Waals surface area (Å²) < 4.78 is 44.0. The Labute approximate surface area is 113 Å². The van der Waals surface area contributed by atoms with Gasteiger partial charge in [-0.15, -0.1) is 0 Å². The van der Waals surface area contributed by atoms with Crippen molar-refractivity contribution in [3.8, 4) is 0 Å². The zero-order chi connectivity index (χ0) is 14.3. The van der Waals surface area contributed by atoms with Crippen molar-refractivity contribution in [3.63, 3.8) is 0 Å². The van der Waals surface area contributed by atoms with Crippen LogP contribution in [0.4, 0.5) is 18.0 Å². The van der Waals surface area contributed by atoms with Gasteiger partial charge in [-0.2, -0.15) is 13.2 Å². The van der Waals surface area contributed by atoms with Gasteiger partial charge in [0.1, 0.15) is 6.10 Å². The van der Waals surface area contributed by atoms with Crippen LogP contribution in [0.2, 0.25) is 0 Å². The van der Waals surface area contributed by atoms with E-state index in [2.05, 4.69) is 5.32 Å². The molecule has 0 aromatic heterocycles. The zero-order valence-electron chi connectivity index (χ0n) is 10.5. The first-order valence-electron chi connectivity index (χ1n) is 6.30. The lowest BCUT2D eigenvalue weighted by Crippen LogP contribution is -2.37. The van der Waals surface area contributed by atoms with Crippen LogP contribution < -0.4 is 5.32 Å². The normalized spacial score (nSPS) is 25.8. The quantitative estimate of drug-likeness (QED) is 0.904. The number of ether oxygens (including phenoxy) is 1. The third-order valence-corrected chi connectivity index (χ3v) is 3.68. The van der Waals surface area contributed by atoms with Gasteiger partial charge in [-0.05, 0) is 11.6 Å². The minimum Gasteiger partial charge on any atom is -0.442 e. The summed E-state index contributed by atoms with van der Waals surface area (Å²) in [7, 11) is 0. The van der Waals surface area contributed by atoms with Crippen molar-refractivity contribution in [2.45, 2.75) is 24.9 Å². The number of nitrogens with zero attached hydrogens (tertiary/aromatic N) is 1. The maximum atomic E-state index is 12.9. The van der Waals surface area contributed by atoms with E-state index >= 15 is 0 Å². The molecule has 2 aliphatic heterocycles. The second kappa shape index (κ2) is 4.66. The summed E-state index contributed by atoms with van der Waals surface area (Å²) in [6, 6.07) is 5.11. The van der Waals surface area contributed by atoms with Crippen molar-refractivity contribution >= 4 is 6.09 Å². The first-order valence-corrected chi connectivity index (χ1v) is 6.30. The van der Waals surface area contributed by atoms with Crippen molar-refractivity contribution < 1.29 is 22.7 Å². The van der Waals surface area contributed by atoms with Crippen molar-refractivity contribution in [2.24, 2.45) is 0 Å². The lowest BCUT2D eigenvalue weighted by Gasteiger charge is -2.22. The molecule has 4 nitrogen and oxygen atoms in total. The van der Waals surface area contributed by atoms with Crippen LogP contribution in [0.5, 0.6) is 0 Å². The lowest BCUT2D eigenvalue weighted by molar-refractivity contribution is -0.138. The maximum Gasteiger partial charge on any atom is 0.416 e. The van der Waals surface area contributed by atoms with Crippen LogP contribution in [0, 0.1) is 0 Å². The Kier molecular flexibility index (Phi) is 3.08. The van der Waals surface area contributed by atoms with Crippen LogP contribution in [-0.4, -0.2) is 36.2 Å². The van der Waals surface area contributed by atoms with Gasteiger partial charge in [0.25, 0.3) is 0 Å². The number of hydrogen-bond donors (Lipinski definition) is 1. The second-order valence-electron chi connectivity index (χ2n) is 4.93. The minimum atomic E-state index is -4.42. The molecule has 108 valence electrons. The monoisotopic (exact) mass is 286 g/mol. The van der Waals surface area contributed by atoms with Gasteiger partial charge in [0.05, 0.1) is 18.2 Å². The van der Waals surface area contributed by atoms with Gasteiger partial charge in [-0.1, -0.05) is 18.2 Å². The Bertz CT molecular complexity index is 533. The van der Waals surface area contributed by atoms with E-state index < -0.39 is 17.8 Å². The fourth-order valence-electron chi connectivity index (χ4n) is 2.70. The second-order valence-corrected chi connectivity index (χ2v) is 4.93. The predicted octanol–water partition coefficient (Wildman–Crippen LogP) is 2.00. The highest BCUT2D eigenvalue weighted by atomic mass is 19.4. The minimum absolute atomic E-state index is 0.0859. The molecule has 1 N–H and O–H groups in total. The summed E-state index contributed by atoms with van der Waals surface area (Å²) in [4.78, 5) is 13.1. The summed E-state index contributed by atoms with van der Waals surface area (Å²) in [5, 5.41) is 3.06. The smallest absolute Gasteiger partial charge is 0.416 e. The van der Waals surface area contributed by atoms with E-state index in [1.54, 1.807) is 0 Å². The largest absolute Gasteiger partial charge is 0.442 e. The SMILES string of the molecule is O=C1OC2CNCC2N1Cc1ccccc1C(F)(F)F. The Balaban J connectivity index is 1.86. The van der Waals surface area contributed by atoms with Gasteiger partial charge < -0.3 is 10.1 Å². The molecular formula is C13H13F3N2O2. The van der Waals surface area contributed by atoms with Crippen LogP contribution in [0.3, 0.4) is 0 Å². The molecule has 2 unspecified atom stereocenters. The summed E-state index contributed by atoms with van der Waals surface area (Å²) in [6.45, 7) is 1.01. The molecule has 0 spiro atoms.